The molecule has 1 aliphatic heterocycles. The Hall–Kier alpha value is -0.590. The van der Waals surface area contributed by atoms with Crippen LogP contribution in [0, 0.1) is 23.2 Å². The summed E-state index contributed by atoms with van der Waals surface area (Å²) in [6.45, 7) is 1.98. The van der Waals surface area contributed by atoms with Crippen LogP contribution in [0.15, 0.2) is 0 Å². The number of nitrogens with two attached hydrogens (primary N) is 1. The fourth-order valence-electron chi connectivity index (χ4n) is 4.11. The molecular formula is C15H25N3. The Morgan fingerprint density at radius 3 is 2.56 bits per heavy atom. The lowest BCUT2D eigenvalue weighted by Crippen LogP contribution is -2.57. The molecule has 18 heavy (non-hydrogen) atoms. The fraction of sp³-hybridized carbons (Fsp3) is 0.933. The van der Waals surface area contributed by atoms with E-state index < -0.39 is 5.54 Å². The van der Waals surface area contributed by atoms with E-state index in [0.29, 0.717) is 5.92 Å². The van der Waals surface area contributed by atoms with Crippen molar-refractivity contribution in [2.75, 3.05) is 13.1 Å². The van der Waals surface area contributed by atoms with E-state index in [-0.39, 0.29) is 0 Å². The highest BCUT2D eigenvalue weighted by Gasteiger charge is 2.45. The van der Waals surface area contributed by atoms with Crippen molar-refractivity contribution in [3.05, 3.63) is 0 Å². The average molecular weight is 247 g/mol. The molecular weight excluding hydrogens is 222 g/mol. The Morgan fingerprint density at radius 1 is 1.11 bits per heavy atom. The van der Waals surface area contributed by atoms with Crippen molar-refractivity contribution in [2.45, 2.75) is 62.9 Å². The molecule has 1 saturated heterocycles. The van der Waals surface area contributed by atoms with Crippen LogP contribution in [-0.2, 0) is 0 Å². The van der Waals surface area contributed by atoms with Gasteiger partial charge in [0, 0.05) is 12.6 Å². The van der Waals surface area contributed by atoms with Gasteiger partial charge in [0.1, 0.15) is 5.54 Å². The maximum absolute atomic E-state index is 9.42. The quantitative estimate of drug-likeness (QED) is 0.832. The third kappa shape index (κ3) is 2.29. The lowest BCUT2D eigenvalue weighted by molar-refractivity contribution is 0.0468. The van der Waals surface area contributed by atoms with Crippen molar-refractivity contribution >= 4 is 0 Å². The zero-order valence-corrected chi connectivity index (χ0v) is 11.3. The van der Waals surface area contributed by atoms with Crippen LogP contribution in [0.25, 0.3) is 0 Å². The lowest BCUT2D eigenvalue weighted by atomic mass is 9.77. The first-order chi connectivity index (χ1) is 8.73. The molecule has 3 aliphatic rings. The standard InChI is InChI=1S/C15H25N3/c16-10-15(17,13-7-8-13)11-18-9-3-5-12-4-1-2-6-14(12)18/h12-14H,1-9,11,17H2/t12-,14-,15?/m1/s1. The molecule has 0 aromatic rings. The molecule has 3 heteroatoms. The van der Waals surface area contributed by atoms with Gasteiger partial charge in [-0.3, -0.25) is 4.90 Å². The molecule has 1 unspecified atom stereocenters. The first kappa shape index (κ1) is 12.4. The molecule has 0 bridgehead atoms. The summed E-state index contributed by atoms with van der Waals surface area (Å²) in [6.07, 6.45) is 10.5. The Balaban J connectivity index is 1.69. The number of piperidine rings is 1. The molecule has 0 amide bonds. The smallest absolute Gasteiger partial charge is 0.119 e. The van der Waals surface area contributed by atoms with Crippen molar-refractivity contribution in [1.29, 1.82) is 5.26 Å². The highest BCUT2D eigenvalue weighted by molar-refractivity contribution is 5.15. The summed E-state index contributed by atoms with van der Waals surface area (Å²) in [5, 5.41) is 9.42. The summed E-state index contributed by atoms with van der Waals surface area (Å²) in [4.78, 5) is 2.56. The Bertz CT molecular complexity index is 342. The van der Waals surface area contributed by atoms with E-state index in [4.69, 9.17) is 5.73 Å². The number of nitriles is 1. The van der Waals surface area contributed by atoms with Crippen LogP contribution >= 0.6 is 0 Å². The van der Waals surface area contributed by atoms with Crippen LogP contribution in [0.4, 0.5) is 0 Å². The van der Waals surface area contributed by atoms with Crippen molar-refractivity contribution < 1.29 is 0 Å². The minimum absolute atomic E-state index is 0.464. The van der Waals surface area contributed by atoms with Crippen molar-refractivity contribution in [1.82, 2.24) is 4.90 Å². The zero-order valence-electron chi connectivity index (χ0n) is 11.3. The van der Waals surface area contributed by atoms with Gasteiger partial charge in [0.25, 0.3) is 0 Å². The van der Waals surface area contributed by atoms with Gasteiger partial charge in [-0.2, -0.15) is 5.26 Å². The minimum Gasteiger partial charge on any atom is -0.312 e. The summed E-state index contributed by atoms with van der Waals surface area (Å²) < 4.78 is 0. The molecule has 3 nitrogen and oxygen atoms in total. The number of fused-ring (bicyclic) bond motifs is 1. The molecule has 3 rings (SSSR count). The second kappa shape index (κ2) is 4.83. The van der Waals surface area contributed by atoms with Crippen LogP contribution in [0.5, 0.6) is 0 Å². The molecule has 0 aromatic carbocycles. The summed E-state index contributed by atoms with van der Waals surface area (Å²) in [7, 11) is 0. The van der Waals surface area contributed by atoms with Gasteiger partial charge in [0.05, 0.1) is 6.07 Å². The Kier molecular flexibility index (Phi) is 3.34. The Labute approximate surface area is 110 Å². The molecule has 0 spiro atoms. The van der Waals surface area contributed by atoms with E-state index >= 15 is 0 Å². The molecule has 1 heterocycles. The number of rotatable bonds is 3. The first-order valence-electron chi connectivity index (χ1n) is 7.67. The largest absolute Gasteiger partial charge is 0.312 e. The van der Waals surface area contributed by atoms with Crippen LogP contribution in [0.2, 0.25) is 0 Å². The molecule has 0 aromatic heterocycles. The summed E-state index contributed by atoms with van der Waals surface area (Å²) >= 11 is 0. The number of likely N-dealkylation sites (tertiary alicyclic amines) is 1. The predicted octanol–water partition coefficient (Wildman–Crippen LogP) is 2.27. The normalized spacial score (nSPS) is 36.4. The van der Waals surface area contributed by atoms with Crippen molar-refractivity contribution in [3.8, 4) is 6.07 Å². The van der Waals surface area contributed by atoms with Gasteiger partial charge in [0.2, 0.25) is 0 Å². The molecule has 100 valence electrons. The van der Waals surface area contributed by atoms with E-state index in [1.165, 1.54) is 38.5 Å². The molecule has 2 N–H and O–H groups in total. The topological polar surface area (TPSA) is 53.1 Å². The molecule has 3 atom stereocenters. The summed E-state index contributed by atoms with van der Waals surface area (Å²) in [6, 6.07) is 3.14. The third-order valence-corrected chi connectivity index (χ3v) is 5.34. The summed E-state index contributed by atoms with van der Waals surface area (Å²) in [5.41, 5.74) is 5.78. The van der Waals surface area contributed by atoms with Gasteiger partial charge in [-0.25, -0.2) is 0 Å². The van der Waals surface area contributed by atoms with E-state index in [0.717, 1.165) is 37.9 Å². The fourth-order valence-corrected chi connectivity index (χ4v) is 4.11. The van der Waals surface area contributed by atoms with E-state index in [1.54, 1.807) is 0 Å². The van der Waals surface area contributed by atoms with Gasteiger partial charge in [-0.05, 0) is 56.9 Å². The first-order valence-corrected chi connectivity index (χ1v) is 7.67. The average Bonchev–Trinajstić information content (AvgIpc) is 3.24. The summed E-state index contributed by atoms with van der Waals surface area (Å²) in [5.74, 6) is 1.35. The predicted molar refractivity (Wildman–Crippen MR) is 71.8 cm³/mol. The van der Waals surface area contributed by atoms with E-state index in [9.17, 15) is 5.26 Å². The van der Waals surface area contributed by atoms with Gasteiger partial charge >= 0.3 is 0 Å². The second-order valence-electron chi connectivity index (χ2n) is 6.65. The molecule has 0 radical (unpaired) electrons. The highest BCUT2D eigenvalue weighted by Crippen LogP contribution is 2.41. The number of hydrogen-bond donors (Lipinski definition) is 1. The van der Waals surface area contributed by atoms with E-state index in [1.807, 2.05) is 0 Å². The van der Waals surface area contributed by atoms with Crippen molar-refractivity contribution in [3.63, 3.8) is 0 Å². The monoisotopic (exact) mass is 247 g/mol. The van der Waals surface area contributed by atoms with Gasteiger partial charge < -0.3 is 5.73 Å². The number of hydrogen-bond acceptors (Lipinski definition) is 3. The third-order valence-electron chi connectivity index (χ3n) is 5.34. The van der Waals surface area contributed by atoms with Crippen LogP contribution in [-0.4, -0.2) is 29.6 Å². The molecule has 2 saturated carbocycles. The minimum atomic E-state index is -0.570. The zero-order chi connectivity index (χ0) is 12.6. The van der Waals surface area contributed by atoms with Crippen LogP contribution in [0.1, 0.15) is 51.4 Å². The van der Waals surface area contributed by atoms with Gasteiger partial charge in [-0.15, -0.1) is 0 Å². The van der Waals surface area contributed by atoms with Crippen molar-refractivity contribution in [2.24, 2.45) is 17.6 Å². The Morgan fingerprint density at radius 2 is 1.83 bits per heavy atom. The second-order valence-corrected chi connectivity index (χ2v) is 6.65. The van der Waals surface area contributed by atoms with Crippen LogP contribution in [0.3, 0.4) is 0 Å². The lowest BCUT2D eigenvalue weighted by Gasteiger charge is -2.46. The maximum Gasteiger partial charge on any atom is 0.119 e. The SMILES string of the molecule is N#CC(N)(CN1CCC[C@H]2CCCC[C@H]21)C1CC1. The highest BCUT2D eigenvalue weighted by atomic mass is 15.2. The van der Waals surface area contributed by atoms with Gasteiger partial charge in [-0.1, -0.05) is 12.8 Å². The molecule has 2 aliphatic carbocycles. The van der Waals surface area contributed by atoms with Gasteiger partial charge in [0.15, 0.2) is 0 Å². The maximum atomic E-state index is 9.42. The number of nitrogens with zero attached hydrogens (tertiary/aromatic N) is 2. The van der Waals surface area contributed by atoms with Crippen LogP contribution < -0.4 is 5.73 Å². The molecule has 3 fully saturated rings. The van der Waals surface area contributed by atoms with E-state index in [2.05, 4.69) is 11.0 Å².